The van der Waals surface area contributed by atoms with Gasteiger partial charge in [-0.3, -0.25) is 5.84 Å². The molecular formula is C15H20BN2O3P. The Balaban J connectivity index is 2.07. The van der Waals surface area contributed by atoms with Crippen molar-refractivity contribution in [3.63, 3.8) is 0 Å². The van der Waals surface area contributed by atoms with Crippen LogP contribution in [0, 0.1) is 0 Å². The standard InChI is InChI=1S/C15H20BN2O3P/c17-18-16-12-7-13-22(19,20-14-8-3-1-4-9-14)21-15-10-5-2-6-11-15/h1-6,8-11,16,18H,7,12-13,17H2. The second-order valence-corrected chi connectivity index (χ2v) is 6.84. The van der Waals surface area contributed by atoms with Gasteiger partial charge in [0.2, 0.25) is 7.41 Å². The number of nitrogens with one attached hydrogen (secondary N) is 1. The van der Waals surface area contributed by atoms with Gasteiger partial charge in [0.1, 0.15) is 11.5 Å². The molecule has 0 aliphatic heterocycles. The van der Waals surface area contributed by atoms with Crippen molar-refractivity contribution in [3.05, 3.63) is 60.7 Å². The molecule has 0 fully saturated rings. The smallest absolute Gasteiger partial charge is 0.416 e. The lowest BCUT2D eigenvalue weighted by Crippen LogP contribution is -2.26. The minimum atomic E-state index is -3.27. The van der Waals surface area contributed by atoms with E-state index in [0.717, 1.165) is 6.32 Å². The van der Waals surface area contributed by atoms with Crippen LogP contribution in [-0.4, -0.2) is 13.6 Å². The largest absolute Gasteiger partial charge is 0.430 e. The van der Waals surface area contributed by atoms with Crippen molar-refractivity contribution in [2.75, 3.05) is 6.16 Å². The monoisotopic (exact) mass is 318 g/mol. The molecule has 0 aliphatic rings. The second-order valence-electron chi connectivity index (χ2n) is 4.80. The molecule has 116 valence electrons. The minimum Gasteiger partial charge on any atom is -0.416 e. The molecule has 0 saturated carbocycles. The maximum Gasteiger partial charge on any atom is 0.430 e. The number of hydrazine groups is 1. The molecule has 0 amide bonds. The van der Waals surface area contributed by atoms with Crippen LogP contribution in [-0.2, 0) is 4.57 Å². The Bertz CT molecular complexity index is 553. The Labute approximate surface area is 131 Å². The van der Waals surface area contributed by atoms with Gasteiger partial charge in [-0.1, -0.05) is 42.7 Å². The number of para-hydroxylation sites is 2. The summed E-state index contributed by atoms with van der Waals surface area (Å²) >= 11 is 0. The van der Waals surface area contributed by atoms with Crippen LogP contribution in [0.1, 0.15) is 6.42 Å². The third-order valence-corrected chi connectivity index (χ3v) is 4.82. The highest BCUT2D eigenvalue weighted by Gasteiger charge is 2.27. The highest BCUT2D eigenvalue weighted by atomic mass is 31.2. The summed E-state index contributed by atoms with van der Waals surface area (Å²) in [5.41, 5.74) is 0. The molecule has 2 aromatic rings. The number of rotatable bonds is 9. The summed E-state index contributed by atoms with van der Waals surface area (Å²) in [4.78, 5) is 0. The fourth-order valence-corrected chi connectivity index (χ4v) is 3.64. The van der Waals surface area contributed by atoms with E-state index in [1.807, 2.05) is 36.4 Å². The fraction of sp³-hybridized carbons (Fsp3) is 0.200. The van der Waals surface area contributed by atoms with Crippen molar-refractivity contribution in [1.29, 1.82) is 0 Å². The van der Waals surface area contributed by atoms with Gasteiger partial charge in [0.15, 0.2) is 0 Å². The Morgan fingerprint density at radius 3 is 1.91 bits per heavy atom. The maximum atomic E-state index is 13.0. The van der Waals surface area contributed by atoms with Crippen molar-refractivity contribution in [1.82, 2.24) is 5.34 Å². The summed E-state index contributed by atoms with van der Waals surface area (Å²) < 4.78 is 24.4. The summed E-state index contributed by atoms with van der Waals surface area (Å²) in [5, 5.41) is 2.58. The zero-order chi connectivity index (χ0) is 15.7. The lowest BCUT2D eigenvalue weighted by molar-refractivity contribution is 0.385. The minimum absolute atomic E-state index is 0.332. The lowest BCUT2D eigenvalue weighted by atomic mass is 9.89. The van der Waals surface area contributed by atoms with Crippen LogP contribution >= 0.6 is 7.60 Å². The van der Waals surface area contributed by atoms with Gasteiger partial charge in [-0.25, -0.2) is 4.57 Å². The molecule has 0 saturated heterocycles. The molecule has 2 rings (SSSR count). The molecule has 0 heterocycles. The van der Waals surface area contributed by atoms with Crippen molar-refractivity contribution in [2.24, 2.45) is 5.84 Å². The van der Waals surface area contributed by atoms with E-state index in [2.05, 4.69) is 5.34 Å². The highest BCUT2D eigenvalue weighted by molar-refractivity contribution is 7.54. The lowest BCUT2D eigenvalue weighted by Gasteiger charge is -2.20. The molecule has 0 atom stereocenters. The third kappa shape index (κ3) is 5.56. The molecule has 0 unspecified atom stereocenters. The Morgan fingerprint density at radius 1 is 0.955 bits per heavy atom. The molecule has 0 radical (unpaired) electrons. The average Bonchev–Trinajstić information content (AvgIpc) is 2.53. The molecular weight excluding hydrogens is 298 g/mol. The van der Waals surface area contributed by atoms with Crippen molar-refractivity contribution in [2.45, 2.75) is 12.7 Å². The summed E-state index contributed by atoms with van der Waals surface area (Å²) in [5.74, 6) is 6.32. The molecule has 0 aromatic heterocycles. The van der Waals surface area contributed by atoms with E-state index in [9.17, 15) is 4.57 Å². The Hall–Kier alpha value is -1.75. The maximum absolute atomic E-state index is 13.0. The molecule has 22 heavy (non-hydrogen) atoms. The van der Waals surface area contributed by atoms with Crippen molar-refractivity contribution in [3.8, 4) is 11.5 Å². The van der Waals surface area contributed by atoms with Crippen molar-refractivity contribution < 1.29 is 13.6 Å². The van der Waals surface area contributed by atoms with Gasteiger partial charge in [-0.15, -0.1) is 0 Å². The normalized spacial score (nSPS) is 11.0. The zero-order valence-corrected chi connectivity index (χ0v) is 13.2. The number of hydrogen-bond acceptors (Lipinski definition) is 5. The van der Waals surface area contributed by atoms with E-state index in [0.29, 0.717) is 31.5 Å². The van der Waals surface area contributed by atoms with Gasteiger partial charge < -0.3 is 14.4 Å². The Morgan fingerprint density at radius 2 is 1.45 bits per heavy atom. The number of nitrogens with two attached hydrogens (primary N) is 1. The van der Waals surface area contributed by atoms with E-state index >= 15 is 0 Å². The third-order valence-electron chi connectivity index (χ3n) is 2.98. The SMILES string of the molecule is NNBCCCP(=O)(Oc1ccccc1)Oc1ccccc1. The van der Waals surface area contributed by atoms with Crippen LogP contribution in [0.4, 0.5) is 0 Å². The van der Waals surface area contributed by atoms with E-state index < -0.39 is 7.60 Å². The Kier molecular flexibility index (Phi) is 6.53. The zero-order valence-electron chi connectivity index (χ0n) is 12.4. The molecule has 7 heteroatoms. The molecule has 5 nitrogen and oxygen atoms in total. The quantitative estimate of drug-likeness (QED) is 0.244. The van der Waals surface area contributed by atoms with Crippen LogP contribution in [0.25, 0.3) is 0 Å². The predicted molar refractivity (Wildman–Crippen MR) is 90.5 cm³/mol. The summed E-state index contributed by atoms with van der Waals surface area (Å²) in [6, 6.07) is 18.2. The van der Waals surface area contributed by atoms with Crippen LogP contribution in [0.15, 0.2) is 60.7 Å². The van der Waals surface area contributed by atoms with Crippen molar-refractivity contribution >= 4 is 15.0 Å². The van der Waals surface area contributed by atoms with Gasteiger partial charge in [-0.05, 0) is 30.7 Å². The average molecular weight is 318 g/mol. The molecule has 0 aliphatic carbocycles. The second kappa shape index (κ2) is 8.64. The van der Waals surface area contributed by atoms with Crippen LogP contribution in [0.5, 0.6) is 11.5 Å². The van der Waals surface area contributed by atoms with E-state index in [4.69, 9.17) is 14.9 Å². The van der Waals surface area contributed by atoms with Crippen LogP contribution in [0.2, 0.25) is 6.32 Å². The summed E-state index contributed by atoms with van der Waals surface area (Å²) in [6.07, 6.45) is 1.83. The summed E-state index contributed by atoms with van der Waals surface area (Å²) in [7, 11) is -2.61. The molecule has 0 bridgehead atoms. The van der Waals surface area contributed by atoms with Crippen LogP contribution in [0.3, 0.4) is 0 Å². The highest BCUT2D eigenvalue weighted by Crippen LogP contribution is 2.49. The van der Waals surface area contributed by atoms with Gasteiger partial charge in [0.05, 0.1) is 6.16 Å². The van der Waals surface area contributed by atoms with E-state index in [1.165, 1.54) is 0 Å². The number of hydrogen-bond donors (Lipinski definition) is 2. The first-order valence-electron chi connectivity index (χ1n) is 7.24. The first kappa shape index (κ1) is 16.6. The van der Waals surface area contributed by atoms with Gasteiger partial charge in [-0.2, -0.15) is 0 Å². The molecule has 2 aromatic carbocycles. The molecule has 3 N–H and O–H groups in total. The summed E-state index contributed by atoms with van der Waals surface area (Å²) in [6.45, 7) is 0. The van der Waals surface area contributed by atoms with Gasteiger partial charge in [0, 0.05) is 0 Å². The topological polar surface area (TPSA) is 73.6 Å². The number of benzene rings is 2. The first-order valence-corrected chi connectivity index (χ1v) is 8.96. The first-order chi connectivity index (χ1) is 10.7. The van der Waals surface area contributed by atoms with Gasteiger partial charge >= 0.3 is 7.60 Å². The van der Waals surface area contributed by atoms with E-state index in [1.54, 1.807) is 24.3 Å². The van der Waals surface area contributed by atoms with Gasteiger partial charge in [0.25, 0.3) is 0 Å². The fourth-order valence-electron chi connectivity index (χ4n) is 1.93. The van der Waals surface area contributed by atoms with Crippen LogP contribution < -0.4 is 20.2 Å². The van der Waals surface area contributed by atoms with E-state index in [-0.39, 0.29) is 0 Å². The molecule has 0 spiro atoms. The predicted octanol–water partition coefficient (Wildman–Crippen LogP) is 2.96.